The standard InChI is InChI=1S/C15H18ClN3/c16-10-1-2-12-13(5-8-19-14(12)9-10)15(18)6-3-11(17)4-7-15/h1-2,5,8-9,11H,3-4,6-7,17-18H2. The summed E-state index contributed by atoms with van der Waals surface area (Å²) in [6.07, 6.45) is 5.63. The Hall–Kier alpha value is -1.16. The van der Waals surface area contributed by atoms with Crippen molar-refractivity contribution in [1.82, 2.24) is 4.98 Å². The van der Waals surface area contributed by atoms with Crippen molar-refractivity contribution in [1.29, 1.82) is 0 Å². The largest absolute Gasteiger partial charge is 0.328 e. The van der Waals surface area contributed by atoms with Gasteiger partial charge in [0.05, 0.1) is 5.52 Å². The second-order valence-corrected chi connectivity index (χ2v) is 5.95. The molecule has 0 atom stereocenters. The van der Waals surface area contributed by atoms with E-state index in [0.29, 0.717) is 11.1 Å². The summed E-state index contributed by atoms with van der Waals surface area (Å²) in [5.74, 6) is 0. The molecule has 0 saturated heterocycles. The number of fused-ring (bicyclic) bond motifs is 1. The molecule has 1 heterocycles. The minimum atomic E-state index is -0.287. The molecule has 100 valence electrons. The fourth-order valence-electron chi connectivity index (χ4n) is 2.98. The van der Waals surface area contributed by atoms with Crippen molar-refractivity contribution in [2.45, 2.75) is 37.3 Å². The third-order valence-electron chi connectivity index (χ3n) is 4.16. The highest BCUT2D eigenvalue weighted by molar-refractivity contribution is 6.31. The molecule has 1 aromatic heterocycles. The Labute approximate surface area is 117 Å². The first-order valence-corrected chi connectivity index (χ1v) is 7.05. The van der Waals surface area contributed by atoms with E-state index in [9.17, 15) is 0 Å². The lowest BCUT2D eigenvalue weighted by Crippen LogP contribution is -2.43. The maximum atomic E-state index is 6.63. The van der Waals surface area contributed by atoms with Gasteiger partial charge in [0.2, 0.25) is 0 Å². The normalized spacial score (nSPS) is 27.6. The van der Waals surface area contributed by atoms with Crippen molar-refractivity contribution in [3.8, 4) is 0 Å². The molecule has 1 aromatic carbocycles. The average molecular weight is 276 g/mol. The molecule has 3 rings (SSSR count). The van der Waals surface area contributed by atoms with Crippen LogP contribution in [0, 0.1) is 0 Å². The maximum Gasteiger partial charge on any atom is 0.0720 e. The number of hydrogen-bond acceptors (Lipinski definition) is 3. The zero-order valence-corrected chi connectivity index (χ0v) is 11.5. The first kappa shape index (κ1) is 12.9. The lowest BCUT2D eigenvalue weighted by Gasteiger charge is -2.37. The molecule has 19 heavy (non-hydrogen) atoms. The smallest absolute Gasteiger partial charge is 0.0720 e. The predicted molar refractivity (Wildman–Crippen MR) is 79.1 cm³/mol. The highest BCUT2D eigenvalue weighted by atomic mass is 35.5. The van der Waals surface area contributed by atoms with Gasteiger partial charge in [0.25, 0.3) is 0 Å². The van der Waals surface area contributed by atoms with Crippen molar-refractivity contribution < 1.29 is 0 Å². The second-order valence-electron chi connectivity index (χ2n) is 5.51. The topological polar surface area (TPSA) is 64.9 Å². The minimum Gasteiger partial charge on any atom is -0.328 e. The summed E-state index contributed by atoms with van der Waals surface area (Å²) < 4.78 is 0. The Morgan fingerprint density at radius 2 is 1.95 bits per heavy atom. The van der Waals surface area contributed by atoms with Gasteiger partial charge in [-0.05, 0) is 49.4 Å². The van der Waals surface area contributed by atoms with Gasteiger partial charge in [0.15, 0.2) is 0 Å². The van der Waals surface area contributed by atoms with Gasteiger partial charge in [-0.25, -0.2) is 0 Å². The van der Waals surface area contributed by atoms with Crippen molar-refractivity contribution in [3.05, 3.63) is 41.0 Å². The van der Waals surface area contributed by atoms with E-state index >= 15 is 0 Å². The van der Waals surface area contributed by atoms with E-state index in [1.807, 2.05) is 30.5 Å². The highest BCUT2D eigenvalue weighted by Gasteiger charge is 2.33. The Balaban J connectivity index is 2.09. The molecule has 4 heteroatoms. The van der Waals surface area contributed by atoms with Gasteiger partial charge in [-0.1, -0.05) is 17.7 Å². The number of benzene rings is 1. The van der Waals surface area contributed by atoms with Crippen molar-refractivity contribution >= 4 is 22.5 Å². The lowest BCUT2D eigenvalue weighted by atomic mass is 9.75. The van der Waals surface area contributed by atoms with Crippen LogP contribution < -0.4 is 11.5 Å². The van der Waals surface area contributed by atoms with Gasteiger partial charge >= 0.3 is 0 Å². The Bertz CT molecular complexity index is 603. The summed E-state index contributed by atoms with van der Waals surface area (Å²) >= 11 is 6.02. The van der Waals surface area contributed by atoms with Gasteiger partial charge in [-0.3, -0.25) is 4.98 Å². The number of pyridine rings is 1. The Morgan fingerprint density at radius 3 is 2.68 bits per heavy atom. The highest BCUT2D eigenvalue weighted by Crippen LogP contribution is 2.37. The van der Waals surface area contributed by atoms with E-state index in [2.05, 4.69) is 4.98 Å². The monoisotopic (exact) mass is 275 g/mol. The molecular formula is C15H18ClN3. The van der Waals surface area contributed by atoms with E-state index in [0.717, 1.165) is 36.6 Å². The Kier molecular flexibility index (Phi) is 3.21. The van der Waals surface area contributed by atoms with Gasteiger partial charge in [0, 0.05) is 28.2 Å². The lowest BCUT2D eigenvalue weighted by molar-refractivity contribution is 0.279. The molecule has 1 aliphatic rings. The number of hydrogen-bond donors (Lipinski definition) is 2. The first-order chi connectivity index (χ1) is 9.08. The molecule has 1 fully saturated rings. The quantitative estimate of drug-likeness (QED) is 0.841. The van der Waals surface area contributed by atoms with Gasteiger partial charge < -0.3 is 11.5 Å². The van der Waals surface area contributed by atoms with Gasteiger partial charge in [-0.2, -0.15) is 0 Å². The number of rotatable bonds is 1. The molecule has 1 aliphatic carbocycles. The van der Waals surface area contributed by atoms with Gasteiger partial charge in [0.1, 0.15) is 0 Å². The van der Waals surface area contributed by atoms with Crippen LogP contribution in [-0.4, -0.2) is 11.0 Å². The molecule has 3 nitrogen and oxygen atoms in total. The van der Waals surface area contributed by atoms with Crippen LogP contribution in [0.25, 0.3) is 10.9 Å². The van der Waals surface area contributed by atoms with Crippen molar-refractivity contribution in [2.24, 2.45) is 11.5 Å². The number of nitrogens with two attached hydrogens (primary N) is 2. The Morgan fingerprint density at radius 1 is 1.21 bits per heavy atom. The molecule has 0 amide bonds. The van der Waals surface area contributed by atoms with Crippen LogP contribution in [0.2, 0.25) is 5.02 Å². The van der Waals surface area contributed by atoms with Gasteiger partial charge in [-0.15, -0.1) is 0 Å². The van der Waals surface area contributed by atoms with Crippen LogP contribution >= 0.6 is 11.6 Å². The zero-order valence-electron chi connectivity index (χ0n) is 10.8. The van der Waals surface area contributed by atoms with Crippen LogP contribution in [0.15, 0.2) is 30.5 Å². The summed E-state index contributed by atoms with van der Waals surface area (Å²) in [5.41, 5.74) is 14.4. The number of nitrogens with zero attached hydrogens (tertiary/aromatic N) is 1. The molecule has 2 aromatic rings. The van der Waals surface area contributed by atoms with E-state index < -0.39 is 0 Å². The molecule has 1 saturated carbocycles. The molecule has 0 unspecified atom stereocenters. The van der Waals surface area contributed by atoms with E-state index in [1.54, 1.807) is 0 Å². The number of aromatic nitrogens is 1. The zero-order chi connectivity index (χ0) is 13.5. The summed E-state index contributed by atoms with van der Waals surface area (Å²) in [6, 6.07) is 8.13. The van der Waals surface area contributed by atoms with E-state index in [-0.39, 0.29) is 5.54 Å². The van der Waals surface area contributed by atoms with Crippen molar-refractivity contribution in [2.75, 3.05) is 0 Å². The molecule has 4 N–H and O–H groups in total. The summed E-state index contributed by atoms with van der Waals surface area (Å²) in [4.78, 5) is 4.38. The fourth-order valence-corrected chi connectivity index (χ4v) is 3.15. The summed E-state index contributed by atoms with van der Waals surface area (Å²) in [6.45, 7) is 0. The number of halogens is 1. The maximum absolute atomic E-state index is 6.63. The van der Waals surface area contributed by atoms with E-state index in [4.69, 9.17) is 23.1 Å². The van der Waals surface area contributed by atoms with Crippen LogP contribution in [0.3, 0.4) is 0 Å². The SMILES string of the molecule is NC1CCC(N)(c2ccnc3cc(Cl)ccc23)CC1. The molecule has 0 aliphatic heterocycles. The van der Waals surface area contributed by atoms with Crippen LogP contribution in [0.4, 0.5) is 0 Å². The third kappa shape index (κ3) is 2.34. The summed E-state index contributed by atoms with van der Waals surface area (Å²) in [7, 11) is 0. The molecule has 0 radical (unpaired) electrons. The summed E-state index contributed by atoms with van der Waals surface area (Å²) in [5, 5.41) is 1.80. The van der Waals surface area contributed by atoms with Crippen LogP contribution in [-0.2, 0) is 5.54 Å². The van der Waals surface area contributed by atoms with E-state index in [1.165, 1.54) is 5.56 Å². The average Bonchev–Trinajstić information content (AvgIpc) is 2.41. The predicted octanol–water partition coefficient (Wildman–Crippen LogP) is 2.94. The van der Waals surface area contributed by atoms with Crippen molar-refractivity contribution in [3.63, 3.8) is 0 Å². The second kappa shape index (κ2) is 4.75. The fraction of sp³-hybridized carbons (Fsp3) is 0.400. The molecule has 0 spiro atoms. The van der Waals surface area contributed by atoms with Crippen LogP contribution in [0.1, 0.15) is 31.2 Å². The van der Waals surface area contributed by atoms with Crippen LogP contribution in [0.5, 0.6) is 0 Å². The molecular weight excluding hydrogens is 258 g/mol. The minimum absolute atomic E-state index is 0.287. The third-order valence-corrected chi connectivity index (χ3v) is 4.40. The first-order valence-electron chi connectivity index (χ1n) is 6.68. The molecule has 0 bridgehead atoms.